The Kier molecular flexibility index (Phi) is 5.37. The van der Waals surface area contributed by atoms with Gasteiger partial charge < -0.3 is 14.4 Å². The van der Waals surface area contributed by atoms with E-state index in [1.54, 1.807) is 0 Å². The van der Waals surface area contributed by atoms with Gasteiger partial charge in [-0.05, 0) is 29.8 Å². The zero-order valence-corrected chi connectivity index (χ0v) is 13.6. The van der Waals surface area contributed by atoms with Gasteiger partial charge in [0, 0.05) is 13.1 Å². The van der Waals surface area contributed by atoms with E-state index in [9.17, 15) is 0 Å². The van der Waals surface area contributed by atoms with Crippen molar-refractivity contribution in [1.82, 2.24) is 5.32 Å². The SMILES string of the molecule is CC[N]Cc1ccc(OCCN2CCOc3ccccc32)cc1. The molecular formula is C19H23N2O2. The van der Waals surface area contributed by atoms with E-state index in [1.807, 2.05) is 30.3 Å². The number of fused-ring (bicyclic) bond motifs is 1. The van der Waals surface area contributed by atoms with Gasteiger partial charge in [0.05, 0.1) is 18.8 Å². The van der Waals surface area contributed by atoms with Crippen LogP contribution in [-0.4, -0.2) is 32.8 Å². The minimum atomic E-state index is 0.660. The molecular weight excluding hydrogens is 288 g/mol. The maximum atomic E-state index is 5.87. The average Bonchev–Trinajstić information content (AvgIpc) is 2.61. The first-order chi connectivity index (χ1) is 11.4. The number of hydrogen-bond acceptors (Lipinski definition) is 3. The second-order valence-corrected chi connectivity index (χ2v) is 5.49. The summed E-state index contributed by atoms with van der Waals surface area (Å²) in [6.07, 6.45) is 0. The Hall–Kier alpha value is -2.20. The Bertz CT molecular complexity index is 613. The van der Waals surface area contributed by atoms with Gasteiger partial charge in [-0.3, -0.25) is 0 Å². The highest BCUT2D eigenvalue weighted by molar-refractivity contribution is 5.59. The molecule has 0 spiro atoms. The first kappa shape index (κ1) is 15.7. The van der Waals surface area contributed by atoms with E-state index in [0.717, 1.165) is 50.0 Å². The van der Waals surface area contributed by atoms with Gasteiger partial charge in [0.15, 0.2) is 0 Å². The number of hydrogen-bond donors (Lipinski definition) is 0. The van der Waals surface area contributed by atoms with Gasteiger partial charge in [0.2, 0.25) is 0 Å². The fourth-order valence-electron chi connectivity index (χ4n) is 2.66. The van der Waals surface area contributed by atoms with E-state index in [2.05, 4.69) is 35.3 Å². The summed E-state index contributed by atoms with van der Waals surface area (Å²) in [6.45, 7) is 6.84. The molecule has 4 heteroatoms. The third kappa shape index (κ3) is 4.17. The summed E-state index contributed by atoms with van der Waals surface area (Å²) in [5.74, 6) is 1.87. The van der Waals surface area contributed by atoms with Crippen LogP contribution >= 0.6 is 0 Å². The van der Waals surface area contributed by atoms with Crippen LogP contribution in [0.1, 0.15) is 12.5 Å². The molecule has 121 valence electrons. The van der Waals surface area contributed by atoms with E-state index < -0.39 is 0 Å². The molecule has 0 atom stereocenters. The number of anilines is 1. The molecule has 4 nitrogen and oxygen atoms in total. The highest BCUT2D eigenvalue weighted by Crippen LogP contribution is 2.30. The summed E-state index contributed by atoms with van der Waals surface area (Å²) < 4.78 is 11.5. The Labute approximate surface area is 138 Å². The molecule has 0 bridgehead atoms. The van der Waals surface area contributed by atoms with Crippen molar-refractivity contribution < 1.29 is 9.47 Å². The van der Waals surface area contributed by atoms with Crippen molar-refractivity contribution in [2.75, 3.05) is 37.7 Å². The molecule has 0 saturated heterocycles. The molecule has 0 N–H and O–H groups in total. The molecule has 1 radical (unpaired) electrons. The predicted octanol–water partition coefficient (Wildman–Crippen LogP) is 3.09. The standard InChI is InChI=1S/C19H23N2O2/c1-2-20-15-16-7-9-17(10-8-16)22-13-11-21-12-14-23-19-6-4-3-5-18(19)21/h3-10H,2,11-15H2,1H3. The van der Waals surface area contributed by atoms with Crippen LogP contribution in [0.3, 0.4) is 0 Å². The van der Waals surface area contributed by atoms with Crippen LogP contribution in [-0.2, 0) is 6.54 Å². The Morgan fingerprint density at radius 1 is 1.13 bits per heavy atom. The first-order valence-corrected chi connectivity index (χ1v) is 8.18. The molecule has 0 fully saturated rings. The average molecular weight is 311 g/mol. The van der Waals surface area contributed by atoms with Crippen molar-refractivity contribution in [1.29, 1.82) is 0 Å². The third-order valence-corrected chi connectivity index (χ3v) is 3.90. The van der Waals surface area contributed by atoms with E-state index >= 15 is 0 Å². The van der Waals surface area contributed by atoms with Crippen LogP contribution in [0.15, 0.2) is 48.5 Å². The lowest BCUT2D eigenvalue weighted by Gasteiger charge is -2.31. The van der Waals surface area contributed by atoms with E-state index in [-0.39, 0.29) is 0 Å². The quantitative estimate of drug-likeness (QED) is 0.788. The predicted molar refractivity (Wildman–Crippen MR) is 92.5 cm³/mol. The maximum absolute atomic E-state index is 5.87. The van der Waals surface area contributed by atoms with Gasteiger partial charge in [0.25, 0.3) is 0 Å². The van der Waals surface area contributed by atoms with Gasteiger partial charge in [-0.15, -0.1) is 0 Å². The first-order valence-electron chi connectivity index (χ1n) is 8.18. The highest BCUT2D eigenvalue weighted by atomic mass is 16.5. The van der Waals surface area contributed by atoms with Crippen molar-refractivity contribution in [2.45, 2.75) is 13.5 Å². The largest absolute Gasteiger partial charge is 0.492 e. The lowest BCUT2D eigenvalue weighted by atomic mass is 10.2. The van der Waals surface area contributed by atoms with E-state index in [4.69, 9.17) is 9.47 Å². The van der Waals surface area contributed by atoms with Crippen molar-refractivity contribution in [3.05, 3.63) is 54.1 Å². The Morgan fingerprint density at radius 2 is 1.96 bits per heavy atom. The zero-order valence-electron chi connectivity index (χ0n) is 13.6. The summed E-state index contributed by atoms with van der Waals surface area (Å²) in [7, 11) is 0. The molecule has 0 aliphatic carbocycles. The second kappa shape index (κ2) is 7.88. The lowest BCUT2D eigenvalue weighted by molar-refractivity contribution is 0.288. The Balaban J connectivity index is 1.50. The molecule has 1 aliphatic rings. The van der Waals surface area contributed by atoms with Gasteiger partial charge in [-0.1, -0.05) is 31.2 Å². The molecule has 1 aliphatic heterocycles. The fourth-order valence-corrected chi connectivity index (χ4v) is 2.66. The van der Waals surface area contributed by atoms with Crippen molar-refractivity contribution in [3.63, 3.8) is 0 Å². The number of rotatable bonds is 7. The zero-order chi connectivity index (χ0) is 15.9. The minimum absolute atomic E-state index is 0.660. The topological polar surface area (TPSA) is 35.8 Å². The molecule has 0 saturated carbocycles. The van der Waals surface area contributed by atoms with Gasteiger partial charge >= 0.3 is 0 Å². The van der Waals surface area contributed by atoms with Gasteiger partial charge in [0.1, 0.15) is 24.7 Å². The maximum Gasteiger partial charge on any atom is 0.142 e. The fraction of sp³-hybridized carbons (Fsp3) is 0.368. The third-order valence-electron chi connectivity index (χ3n) is 3.90. The minimum Gasteiger partial charge on any atom is -0.492 e. The van der Waals surface area contributed by atoms with E-state index in [1.165, 1.54) is 5.56 Å². The normalized spacial score (nSPS) is 13.3. The van der Waals surface area contributed by atoms with Crippen LogP contribution in [0, 0.1) is 0 Å². The second-order valence-electron chi connectivity index (χ2n) is 5.49. The monoisotopic (exact) mass is 311 g/mol. The van der Waals surface area contributed by atoms with Crippen LogP contribution in [0.4, 0.5) is 5.69 Å². The molecule has 1 heterocycles. The van der Waals surface area contributed by atoms with Crippen LogP contribution < -0.4 is 19.7 Å². The summed E-state index contributed by atoms with van der Waals surface area (Å²) in [4.78, 5) is 2.31. The van der Waals surface area contributed by atoms with Crippen LogP contribution in [0.25, 0.3) is 0 Å². The summed E-state index contributed by atoms with van der Waals surface area (Å²) in [6, 6.07) is 16.4. The molecule has 0 aromatic heterocycles. The molecule has 2 aromatic carbocycles. The summed E-state index contributed by atoms with van der Waals surface area (Å²) >= 11 is 0. The van der Waals surface area contributed by atoms with Gasteiger partial charge in [-0.2, -0.15) is 0 Å². The van der Waals surface area contributed by atoms with Gasteiger partial charge in [-0.25, -0.2) is 5.32 Å². The van der Waals surface area contributed by atoms with Crippen molar-refractivity contribution in [2.24, 2.45) is 0 Å². The van der Waals surface area contributed by atoms with Crippen molar-refractivity contribution >= 4 is 5.69 Å². The highest BCUT2D eigenvalue weighted by Gasteiger charge is 2.16. The Morgan fingerprint density at radius 3 is 2.78 bits per heavy atom. The van der Waals surface area contributed by atoms with Crippen molar-refractivity contribution in [3.8, 4) is 11.5 Å². The molecule has 23 heavy (non-hydrogen) atoms. The number of ether oxygens (including phenoxy) is 2. The number of nitrogens with zero attached hydrogens (tertiary/aromatic N) is 2. The molecule has 3 rings (SSSR count). The summed E-state index contributed by atoms with van der Waals surface area (Å²) in [5.41, 5.74) is 2.38. The molecule has 0 unspecified atom stereocenters. The number of benzene rings is 2. The smallest absolute Gasteiger partial charge is 0.142 e. The number of para-hydroxylation sites is 2. The molecule has 2 aromatic rings. The summed E-state index contributed by atoms with van der Waals surface area (Å²) in [5, 5.41) is 4.36. The van der Waals surface area contributed by atoms with Crippen LogP contribution in [0.5, 0.6) is 11.5 Å². The van der Waals surface area contributed by atoms with E-state index in [0.29, 0.717) is 6.61 Å². The van der Waals surface area contributed by atoms with Crippen LogP contribution in [0.2, 0.25) is 0 Å². The lowest BCUT2D eigenvalue weighted by Crippen LogP contribution is -2.35. The molecule has 0 amide bonds.